The molecule has 8 heteroatoms. The lowest BCUT2D eigenvalue weighted by atomic mass is 10.1. The number of ether oxygens (including phenoxy) is 2. The number of hydrogen-bond donors (Lipinski definition) is 0. The third kappa shape index (κ3) is 32.7. The molecule has 7 nitrogen and oxygen atoms in total. The fourth-order valence-electron chi connectivity index (χ4n) is 5.12. The first-order valence-electron chi connectivity index (χ1n) is 19.7. The summed E-state index contributed by atoms with van der Waals surface area (Å²) in [6.07, 6.45) is 31.0. The Labute approximate surface area is 300 Å². The lowest BCUT2D eigenvalue weighted by Gasteiger charge is -2.23. The van der Waals surface area contributed by atoms with Crippen LogP contribution in [0.1, 0.15) is 162 Å². The molecule has 280 valence electrons. The first-order chi connectivity index (χ1) is 23.4. The second-order valence-corrected chi connectivity index (χ2v) is 14.0. The zero-order valence-corrected chi connectivity index (χ0v) is 32.5. The van der Waals surface area contributed by atoms with E-state index < -0.39 is 0 Å². The number of hydrogen-bond acceptors (Lipinski definition) is 7. The fourth-order valence-corrected chi connectivity index (χ4v) is 6.06. The lowest BCUT2D eigenvalue weighted by molar-refractivity contribution is -0.144. The average Bonchev–Trinajstić information content (AvgIpc) is 3.08. The number of amides is 1. The van der Waals surface area contributed by atoms with Crippen LogP contribution in [0.25, 0.3) is 0 Å². The lowest BCUT2D eigenvalue weighted by Crippen LogP contribution is -2.31. The molecular weight excluding hydrogens is 621 g/mol. The highest BCUT2D eigenvalue weighted by molar-refractivity contribution is 8.13. The van der Waals surface area contributed by atoms with Gasteiger partial charge in [0, 0.05) is 38.2 Å². The van der Waals surface area contributed by atoms with Crippen LogP contribution in [0.5, 0.6) is 0 Å². The van der Waals surface area contributed by atoms with Crippen LogP contribution in [-0.2, 0) is 19.1 Å². The molecule has 0 heterocycles. The summed E-state index contributed by atoms with van der Waals surface area (Å²) in [6, 6.07) is 0. The van der Waals surface area contributed by atoms with Gasteiger partial charge in [0.05, 0.1) is 13.2 Å². The predicted octanol–water partition coefficient (Wildman–Crippen LogP) is 10.9. The van der Waals surface area contributed by atoms with Crippen molar-refractivity contribution in [1.29, 1.82) is 0 Å². The predicted molar refractivity (Wildman–Crippen MR) is 206 cm³/mol. The molecule has 0 atom stereocenters. The van der Waals surface area contributed by atoms with Gasteiger partial charge in [-0.1, -0.05) is 108 Å². The largest absolute Gasteiger partial charge is 0.466 e. The van der Waals surface area contributed by atoms with Gasteiger partial charge >= 0.3 is 11.9 Å². The Morgan fingerprint density at radius 2 is 0.979 bits per heavy atom. The number of thioether (sulfide) groups is 1. The Kier molecular flexibility index (Phi) is 35.1. The number of carbonyl (C=O) groups excluding carboxylic acids is 3. The molecule has 48 heavy (non-hydrogen) atoms. The van der Waals surface area contributed by atoms with Crippen molar-refractivity contribution in [3.8, 4) is 0 Å². The number of unbranched alkanes of at least 4 members (excludes halogenated alkanes) is 14. The molecule has 0 aliphatic rings. The minimum Gasteiger partial charge on any atom is -0.466 e. The first-order valence-corrected chi connectivity index (χ1v) is 20.6. The minimum atomic E-state index is -0.109. The van der Waals surface area contributed by atoms with E-state index >= 15 is 0 Å². The Hall–Kier alpha value is -1.80. The fraction of sp³-hybridized carbons (Fsp3) is 0.825. The summed E-state index contributed by atoms with van der Waals surface area (Å²) < 4.78 is 10.8. The molecule has 0 N–H and O–H groups in total. The maximum atomic E-state index is 13.0. The maximum absolute atomic E-state index is 13.0. The van der Waals surface area contributed by atoms with Gasteiger partial charge in [-0.2, -0.15) is 0 Å². The van der Waals surface area contributed by atoms with E-state index in [4.69, 9.17) is 9.47 Å². The molecule has 0 fully saturated rings. The van der Waals surface area contributed by atoms with Crippen LogP contribution in [0.2, 0.25) is 0 Å². The van der Waals surface area contributed by atoms with Crippen LogP contribution in [0.15, 0.2) is 24.3 Å². The van der Waals surface area contributed by atoms with Crippen LogP contribution < -0.4 is 0 Å². The summed E-state index contributed by atoms with van der Waals surface area (Å²) in [5.74, 6) is 0.588. The van der Waals surface area contributed by atoms with Crippen LogP contribution in [0.4, 0.5) is 4.79 Å². The second kappa shape index (κ2) is 36.5. The highest BCUT2D eigenvalue weighted by Crippen LogP contribution is 2.14. The van der Waals surface area contributed by atoms with Gasteiger partial charge in [0.15, 0.2) is 0 Å². The van der Waals surface area contributed by atoms with E-state index in [2.05, 4.69) is 57.0 Å². The van der Waals surface area contributed by atoms with E-state index in [1.165, 1.54) is 63.1 Å². The zero-order chi connectivity index (χ0) is 35.3. The summed E-state index contributed by atoms with van der Waals surface area (Å²) in [7, 11) is 2.08. The van der Waals surface area contributed by atoms with Crippen LogP contribution in [0.3, 0.4) is 0 Å². The Morgan fingerprint density at radius 1 is 0.542 bits per heavy atom. The summed E-state index contributed by atoms with van der Waals surface area (Å²) >= 11 is 1.43. The molecule has 0 unspecified atom stereocenters. The van der Waals surface area contributed by atoms with Crippen molar-refractivity contribution in [2.45, 2.75) is 162 Å². The molecule has 0 aliphatic carbocycles. The van der Waals surface area contributed by atoms with Gasteiger partial charge in [-0.05, 0) is 90.6 Å². The standard InChI is InChI=1S/C40H74N2O5S/c1-5-8-10-12-14-16-18-24-30-38(43)46-35-28-22-20-26-32-42(40(45)48-37-34-41(4)7-3)33-27-21-23-29-36-47-39(44)31-25-19-17-15-13-11-9-6-2/h16-19H,5-15,20-37H2,1-4H3. The van der Waals surface area contributed by atoms with Crippen molar-refractivity contribution in [1.82, 2.24) is 9.80 Å². The number of allylic oxidation sites excluding steroid dienone is 4. The summed E-state index contributed by atoms with van der Waals surface area (Å²) in [6.45, 7) is 11.0. The van der Waals surface area contributed by atoms with Gasteiger partial charge < -0.3 is 19.3 Å². The van der Waals surface area contributed by atoms with Gasteiger partial charge in [0.1, 0.15) is 0 Å². The second-order valence-electron chi connectivity index (χ2n) is 13.0. The normalized spacial score (nSPS) is 11.6. The van der Waals surface area contributed by atoms with Gasteiger partial charge in [-0.25, -0.2) is 0 Å². The molecule has 0 aromatic carbocycles. The van der Waals surface area contributed by atoms with E-state index in [1.807, 2.05) is 4.90 Å². The van der Waals surface area contributed by atoms with Crippen LogP contribution >= 0.6 is 11.8 Å². The van der Waals surface area contributed by atoms with E-state index in [9.17, 15) is 14.4 Å². The van der Waals surface area contributed by atoms with Gasteiger partial charge in [-0.3, -0.25) is 14.4 Å². The molecule has 0 saturated heterocycles. The Balaban J connectivity index is 4.14. The Morgan fingerprint density at radius 3 is 1.44 bits per heavy atom. The molecule has 1 amide bonds. The molecule has 0 aromatic rings. The van der Waals surface area contributed by atoms with Gasteiger partial charge in [-0.15, -0.1) is 0 Å². The van der Waals surface area contributed by atoms with E-state index in [-0.39, 0.29) is 17.2 Å². The third-order valence-corrected chi connectivity index (χ3v) is 9.37. The van der Waals surface area contributed by atoms with Gasteiger partial charge in [0.2, 0.25) is 0 Å². The van der Waals surface area contributed by atoms with Gasteiger partial charge in [0.25, 0.3) is 5.24 Å². The molecule has 0 saturated carbocycles. The number of nitrogens with zero attached hydrogens (tertiary/aromatic N) is 2. The molecule has 0 aliphatic heterocycles. The number of rotatable bonds is 34. The zero-order valence-electron chi connectivity index (χ0n) is 31.7. The molecule has 0 radical (unpaired) electrons. The summed E-state index contributed by atoms with van der Waals surface area (Å²) in [5.41, 5.74) is 0. The van der Waals surface area contributed by atoms with Crippen molar-refractivity contribution in [2.24, 2.45) is 0 Å². The van der Waals surface area contributed by atoms with E-state index in [1.54, 1.807) is 0 Å². The molecule has 0 bridgehead atoms. The Bertz CT molecular complexity index is 767. The number of esters is 2. The first kappa shape index (κ1) is 46.2. The number of carbonyl (C=O) groups is 3. The van der Waals surface area contributed by atoms with E-state index in [0.717, 1.165) is 109 Å². The third-order valence-electron chi connectivity index (χ3n) is 8.48. The monoisotopic (exact) mass is 695 g/mol. The van der Waals surface area contributed by atoms with E-state index in [0.29, 0.717) is 26.1 Å². The van der Waals surface area contributed by atoms with Crippen molar-refractivity contribution >= 4 is 28.9 Å². The molecule has 0 rings (SSSR count). The highest BCUT2D eigenvalue weighted by atomic mass is 32.2. The minimum absolute atomic E-state index is 0.109. The van der Waals surface area contributed by atoms with Crippen LogP contribution in [0, 0.1) is 0 Å². The molecule has 0 aromatic heterocycles. The molecule has 0 spiro atoms. The van der Waals surface area contributed by atoms with Crippen molar-refractivity contribution in [3.05, 3.63) is 24.3 Å². The average molecular weight is 695 g/mol. The summed E-state index contributed by atoms with van der Waals surface area (Å²) in [4.78, 5) is 41.2. The SMILES string of the molecule is CCCCCCC=CCCC(=O)OCCCCCCN(CCCCCCOC(=O)CCC=CCCCCCC)C(=O)SCCN(C)CC. The summed E-state index contributed by atoms with van der Waals surface area (Å²) in [5, 5.41) is 0.174. The van der Waals surface area contributed by atoms with Crippen molar-refractivity contribution in [2.75, 3.05) is 52.2 Å². The maximum Gasteiger partial charge on any atom is 0.306 e. The smallest absolute Gasteiger partial charge is 0.306 e. The van der Waals surface area contributed by atoms with Crippen molar-refractivity contribution in [3.63, 3.8) is 0 Å². The topological polar surface area (TPSA) is 76.1 Å². The van der Waals surface area contributed by atoms with Crippen molar-refractivity contribution < 1.29 is 23.9 Å². The van der Waals surface area contributed by atoms with Crippen LogP contribution in [-0.4, -0.2) is 79.2 Å². The molecular formula is C40H74N2O5S. The highest BCUT2D eigenvalue weighted by Gasteiger charge is 2.14. The quantitative estimate of drug-likeness (QED) is 0.0377.